The molecule has 2 aromatic carbocycles. The molecule has 0 saturated carbocycles. The van der Waals surface area contributed by atoms with Gasteiger partial charge in [-0.05, 0) is 18.2 Å². The minimum absolute atomic E-state index is 0.295. The Kier molecular flexibility index (Phi) is 4.94. The Labute approximate surface area is 126 Å². The van der Waals surface area contributed by atoms with E-state index in [-0.39, 0.29) is 0 Å². The smallest absolute Gasteiger partial charge is 0.0976 e. The quantitative estimate of drug-likeness (QED) is 0.850. The Morgan fingerprint density at radius 3 is 2.37 bits per heavy atom. The van der Waals surface area contributed by atoms with E-state index in [1.54, 1.807) is 30.3 Å². The van der Waals surface area contributed by atoms with E-state index in [0.717, 1.165) is 0 Å². The molecule has 2 rings (SSSR count). The van der Waals surface area contributed by atoms with Gasteiger partial charge in [-0.2, -0.15) is 0 Å². The molecule has 1 atom stereocenters. The Bertz CT molecular complexity index is 574. The van der Waals surface area contributed by atoms with Crippen LogP contribution in [0, 0.1) is 0 Å². The highest BCUT2D eigenvalue weighted by atomic mass is 35.5. The van der Waals surface area contributed by atoms with E-state index < -0.39 is 6.10 Å². The van der Waals surface area contributed by atoms with Crippen molar-refractivity contribution in [3.8, 4) is 0 Å². The number of aliphatic hydroxyl groups is 1. The summed E-state index contributed by atoms with van der Waals surface area (Å²) in [7, 11) is 0. The van der Waals surface area contributed by atoms with Gasteiger partial charge in [0, 0.05) is 17.1 Å². The van der Waals surface area contributed by atoms with Gasteiger partial charge in [0.15, 0.2) is 0 Å². The Balaban J connectivity index is 2.07. The summed E-state index contributed by atoms with van der Waals surface area (Å²) in [6, 6.07) is 12.5. The first-order chi connectivity index (χ1) is 9.09. The molecule has 2 nitrogen and oxygen atoms in total. The molecule has 0 radical (unpaired) electrons. The van der Waals surface area contributed by atoms with Crippen LogP contribution in [0.25, 0.3) is 0 Å². The lowest BCUT2D eigenvalue weighted by molar-refractivity contribution is 0.192. The van der Waals surface area contributed by atoms with Gasteiger partial charge >= 0.3 is 0 Å². The van der Waals surface area contributed by atoms with Crippen molar-refractivity contribution in [2.75, 3.05) is 11.9 Å². The molecule has 0 aliphatic carbocycles. The number of aliphatic hydroxyl groups excluding tert-OH is 1. The summed E-state index contributed by atoms with van der Waals surface area (Å²) in [5.74, 6) is 0. The second-order valence-corrected chi connectivity index (χ2v) is 5.21. The fraction of sp³-hybridized carbons (Fsp3) is 0.143. The van der Waals surface area contributed by atoms with E-state index in [9.17, 15) is 5.11 Å². The van der Waals surface area contributed by atoms with E-state index >= 15 is 0 Å². The average Bonchev–Trinajstić information content (AvgIpc) is 2.40. The lowest BCUT2D eigenvalue weighted by Gasteiger charge is -2.15. The summed E-state index contributed by atoms with van der Waals surface area (Å²) in [6.45, 7) is 0.295. The van der Waals surface area contributed by atoms with Crippen LogP contribution >= 0.6 is 34.8 Å². The number of benzene rings is 2. The summed E-state index contributed by atoms with van der Waals surface area (Å²) < 4.78 is 0. The first kappa shape index (κ1) is 14.5. The minimum atomic E-state index is -0.719. The molecule has 2 N–H and O–H groups in total. The Morgan fingerprint density at radius 2 is 1.63 bits per heavy atom. The molecule has 19 heavy (non-hydrogen) atoms. The summed E-state index contributed by atoms with van der Waals surface area (Å²) in [5.41, 5.74) is 1.36. The molecule has 0 saturated heterocycles. The van der Waals surface area contributed by atoms with E-state index in [0.29, 0.717) is 32.9 Å². The molecular formula is C14H12Cl3NO. The highest BCUT2D eigenvalue weighted by molar-refractivity contribution is 6.43. The lowest BCUT2D eigenvalue weighted by atomic mass is 10.1. The largest absolute Gasteiger partial charge is 0.387 e. The molecule has 0 spiro atoms. The maximum Gasteiger partial charge on any atom is 0.0976 e. The average molecular weight is 317 g/mol. The van der Waals surface area contributed by atoms with Gasteiger partial charge in [-0.3, -0.25) is 0 Å². The minimum Gasteiger partial charge on any atom is -0.387 e. The molecule has 0 aliphatic rings. The lowest BCUT2D eigenvalue weighted by Crippen LogP contribution is -2.12. The summed E-state index contributed by atoms with van der Waals surface area (Å²) >= 11 is 18.0. The fourth-order valence-corrected chi connectivity index (χ4v) is 2.33. The van der Waals surface area contributed by atoms with E-state index in [4.69, 9.17) is 34.8 Å². The van der Waals surface area contributed by atoms with Crippen LogP contribution < -0.4 is 5.32 Å². The van der Waals surface area contributed by atoms with Crippen LogP contribution in [0.4, 0.5) is 5.69 Å². The second kappa shape index (κ2) is 6.49. The predicted octanol–water partition coefficient (Wildman–Crippen LogP) is 4.79. The third-order valence-electron chi connectivity index (χ3n) is 2.70. The third-order valence-corrected chi connectivity index (χ3v) is 3.86. The molecule has 2 aromatic rings. The van der Waals surface area contributed by atoms with Gasteiger partial charge in [-0.25, -0.2) is 0 Å². The molecule has 0 heterocycles. The van der Waals surface area contributed by atoms with Gasteiger partial charge in [0.25, 0.3) is 0 Å². The second-order valence-electron chi connectivity index (χ2n) is 4.02. The van der Waals surface area contributed by atoms with Gasteiger partial charge in [-0.1, -0.05) is 59.1 Å². The molecule has 100 valence electrons. The van der Waals surface area contributed by atoms with Crippen LogP contribution in [-0.2, 0) is 0 Å². The number of nitrogens with one attached hydrogen (secondary N) is 1. The summed E-state index contributed by atoms with van der Waals surface area (Å²) in [4.78, 5) is 0. The zero-order valence-corrected chi connectivity index (χ0v) is 12.2. The van der Waals surface area contributed by atoms with Crippen molar-refractivity contribution in [3.63, 3.8) is 0 Å². The highest BCUT2D eigenvalue weighted by Crippen LogP contribution is 2.30. The first-order valence-corrected chi connectivity index (χ1v) is 6.83. The number of halogens is 3. The van der Waals surface area contributed by atoms with Gasteiger partial charge in [-0.15, -0.1) is 0 Å². The van der Waals surface area contributed by atoms with Gasteiger partial charge in [0.1, 0.15) is 0 Å². The molecule has 5 heteroatoms. The fourth-order valence-electron chi connectivity index (χ4n) is 1.70. The first-order valence-electron chi connectivity index (χ1n) is 5.70. The molecule has 0 fully saturated rings. The molecule has 1 unspecified atom stereocenters. The van der Waals surface area contributed by atoms with Crippen molar-refractivity contribution in [2.45, 2.75) is 6.10 Å². The monoisotopic (exact) mass is 315 g/mol. The van der Waals surface area contributed by atoms with Crippen molar-refractivity contribution < 1.29 is 5.11 Å². The van der Waals surface area contributed by atoms with Gasteiger partial charge in [0.2, 0.25) is 0 Å². The van der Waals surface area contributed by atoms with Crippen LogP contribution in [0.2, 0.25) is 15.1 Å². The normalized spacial score (nSPS) is 12.2. The van der Waals surface area contributed by atoms with Gasteiger partial charge < -0.3 is 10.4 Å². The maximum atomic E-state index is 10.1. The van der Waals surface area contributed by atoms with Crippen LogP contribution in [0.3, 0.4) is 0 Å². The zero-order chi connectivity index (χ0) is 13.8. The van der Waals surface area contributed by atoms with Crippen molar-refractivity contribution in [3.05, 3.63) is 63.1 Å². The highest BCUT2D eigenvalue weighted by Gasteiger charge is 2.12. The molecule has 0 bridgehead atoms. The van der Waals surface area contributed by atoms with Crippen molar-refractivity contribution >= 4 is 40.5 Å². The Morgan fingerprint density at radius 1 is 0.947 bits per heavy atom. The maximum absolute atomic E-state index is 10.1. The van der Waals surface area contributed by atoms with Crippen molar-refractivity contribution in [1.29, 1.82) is 0 Å². The number of hydrogen-bond acceptors (Lipinski definition) is 2. The van der Waals surface area contributed by atoms with Crippen LogP contribution in [-0.4, -0.2) is 11.7 Å². The molecule has 0 aliphatic heterocycles. The third kappa shape index (κ3) is 3.54. The van der Waals surface area contributed by atoms with E-state index in [1.165, 1.54) is 0 Å². The summed E-state index contributed by atoms with van der Waals surface area (Å²) in [6.07, 6.45) is -0.719. The SMILES string of the molecule is OC(CNc1cccc(Cl)c1Cl)c1ccccc1Cl. The number of rotatable bonds is 4. The molecule has 0 aromatic heterocycles. The van der Waals surface area contributed by atoms with Gasteiger partial charge in [0.05, 0.1) is 21.8 Å². The van der Waals surface area contributed by atoms with E-state index in [1.807, 2.05) is 12.1 Å². The topological polar surface area (TPSA) is 32.3 Å². The number of anilines is 1. The van der Waals surface area contributed by atoms with Crippen LogP contribution in [0.5, 0.6) is 0 Å². The molecular weight excluding hydrogens is 305 g/mol. The number of hydrogen-bond donors (Lipinski definition) is 2. The molecule has 0 amide bonds. The summed E-state index contributed by atoms with van der Waals surface area (Å²) in [5, 5.41) is 14.6. The van der Waals surface area contributed by atoms with Crippen LogP contribution in [0.15, 0.2) is 42.5 Å². The van der Waals surface area contributed by atoms with E-state index in [2.05, 4.69) is 5.32 Å². The Hall–Kier alpha value is -0.930. The van der Waals surface area contributed by atoms with Crippen molar-refractivity contribution in [1.82, 2.24) is 0 Å². The van der Waals surface area contributed by atoms with Crippen molar-refractivity contribution in [2.24, 2.45) is 0 Å². The van der Waals surface area contributed by atoms with Crippen LogP contribution in [0.1, 0.15) is 11.7 Å². The zero-order valence-electron chi connectivity index (χ0n) is 9.91. The standard InChI is InChI=1S/C14H12Cl3NO/c15-10-5-2-1-4-9(10)13(19)8-18-12-7-3-6-11(16)14(12)17/h1-7,13,18-19H,8H2. The predicted molar refractivity (Wildman–Crippen MR) is 81.4 cm³/mol.